The molecule has 4 rings (SSSR count). The van der Waals surface area contributed by atoms with E-state index in [0.29, 0.717) is 60.4 Å². The molecule has 0 aliphatic rings. The molecule has 0 bridgehead atoms. The molecule has 0 aliphatic heterocycles. The first-order chi connectivity index (χ1) is 17.3. The van der Waals surface area contributed by atoms with Crippen LogP contribution in [-0.4, -0.2) is 77.7 Å². The van der Waals surface area contributed by atoms with Gasteiger partial charge in [0.15, 0.2) is 6.29 Å². The van der Waals surface area contributed by atoms with E-state index in [1.54, 1.807) is 47.7 Å². The summed E-state index contributed by atoms with van der Waals surface area (Å²) in [6, 6.07) is 6.82. The molecule has 0 spiro atoms. The van der Waals surface area contributed by atoms with Crippen molar-refractivity contribution in [1.29, 1.82) is 0 Å². The summed E-state index contributed by atoms with van der Waals surface area (Å²) in [4.78, 5) is 52.7. The molecule has 1 aromatic carbocycles. The van der Waals surface area contributed by atoms with Crippen LogP contribution >= 0.6 is 22.9 Å². The number of fused-ring (bicyclic) bond motifs is 1. The molecule has 0 radical (unpaired) electrons. The van der Waals surface area contributed by atoms with E-state index in [0.717, 1.165) is 9.90 Å². The van der Waals surface area contributed by atoms with Crippen LogP contribution in [0.3, 0.4) is 0 Å². The number of pyridine rings is 1. The smallest absolute Gasteiger partial charge is 0.261 e. The number of amides is 1. The van der Waals surface area contributed by atoms with Gasteiger partial charge in [-0.05, 0) is 43.7 Å². The number of halogens is 1. The summed E-state index contributed by atoms with van der Waals surface area (Å²) in [5.74, 6) is 0.0727. The van der Waals surface area contributed by atoms with Crippen molar-refractivity contribution in [1.82, 2.24) is 24.8 Å². The van der Waals surface area contributed by atoms with Gasteiger partial charge in [-0.2, -0.15) is 0 Å². The van der Waals surface area contributed by atoms with Crippen LogP contribution in [0.15, 0.2) is 40.6 Å². The van der Waals surface area contributed by atoms with E-state index < -0.39 is 0 Å². The number of imidazole rings is 1. The van der Waals surface area contributed by atoms with Gasteiger partial charge in [-0.15, -0.1) is 11.3 Å². The van der Waals surface area contributed by atoms with E-state index in [-0.39, 0.29) is 22.6 Å². The summed E-state index contributed by atoms with van der Waals surface area (Å²) >= 11 is 7.77. The van der Waals surface area contributed by atoms with Gasteiger partial charge < -0.3 is 25.1 Å². The monoisotopic (exact) mass is 526 g/mol. The average Bonchev–Trinajstić information content (AvgIpc) is 3.46. The normalized spacial score (nSPS) is 11.2. The van der Waals surface area contributed by atoms with Crippen molar-refractivity contribution in [3.05, 3.63) is 67.2 Å². The number of hydrogen-bond donors (Lipinski definition) is 3. The third-order valence-corrected chi connectivity index (χ3v) is 7.24. The maximum Gasteiger partial charge on any atom is 0.261 e. The van der Waals surface area contributed by atoms with Crippen LogP contribution in [0.5, 0.6) is 0 Å². The predicted octanol–water partition coefficient (Wildman–Crippen LogP) is 3.73. The standard InChI is InChI=1S/C25H27ClN6O3S/c1-31(2)9-10-32(3)25(35)16-13-20-19(12-15(16)14-33)29-23(30-20)22-18(4-7-28-24(22)34)27-8-5-21-17(26)6-11-36-21/h4,6-7,11-14H,5,8-10H2,1-3H3,(H,29,30)(H2,27,28,34). The Morgan fingerprint density at radius 1 is 1.22 bits per heavy atom. The van der Waals surface area contributed by atoms with E-state index in [1.807, 2.05) is 30.4 Å². The number of carbonyl (C=O) groups is 2. The molecule has 0 fully saturated rings. The summed E-state index contributed by atoms with van der Waals surface area (Å²) < 4.78 is 0. The molecule has 1 amide bonds. The maximum absolute atomic E-state index is 13.0. The molecule has 0 atom stereocenters. The van der Waals surface area contributed by atoms with Gasteiger partial charge in [0.2, 0.25) is 0 Å². The first-order valence-corrected chi connectivity index (χ1v) is 12.6. The first kappa shape index (κ1) is 25.6. The number of benzene rings is 1. The van der Waals surface area contributed by atoms with Gasteiger partial charge in [0.05, 0.1) is 27.3 Å². The summed E-state index contributed by atoms with van der Waals surface area (Å²) in [6.07, 6.45) is 2.93. The zero-order valence-corrected chi connectivity index (χ0v) is 21.8. The molecule has 3 N–H and O–H groups in total. The Kier molecular flexibility index (Phi) is 7.88. The molecule has 0 aliphatic carbocycles. The Bertz CT molecular complexity index is 1460. The van der Waals surface area contributed by atoms with E-state index in [4.69, 9.17) is 11.6 Å². The number of nitrogens with zero attached hydrogens (tertiary/aromatic N) is 3. The number of carbonyl (C=O) groups excluding carboxylic acids is 2. The van der Waals surface area contributed by atoms with Crippen molar-refractivity contribution in [3.8, 4) is 11.4 Å². The molecule has 0 unspecified atom stereocenters. The Balaban J connectivity index is 1.65. The van der Waals surface area contributed by atoms with Crippen molar-refractivity contribution >= 4 is 51.9 Å². The largest absolute Gasteiger partial charge is 0.384 e. The molecule has 3 heterocycles. The zero-order chi connectivity index (χ0) is 25.8. The molecule has 11 heteroatoms. The van der Waals surface area contributed by atoms with Crippen LogP contribution < -0.4 is 10.9 Å². The van der Waals surface area contributed by atoms with Gasteiger partial charge in [-0.3, -0.25) is 14.4 Å². The molecule has 188 valence electrons. The zero-order valence-electron chi connectivity index (χ0n) is 20.2. The van der Waals surface area contributed by atoms with Gasteiger partial charge >= 0.3 is 0 Å². The van der Waals surface area contributed by atoms with Crippen LogP contribution in [0, 0.1) is 0 Å². The molecule has 0 saturated heterocycles. The fraction of sp³-hybridized carbons (Fsp3) is 0.280. The van der Waals surface area contributed by atoms with E-state index in [9.17, 15) is 14.4 Å². The lowest BCUT2D eigenvalue weighted by Gasteiger charge is -2.20. The molecular weight excluding hydrogens is 500 g/mol. The third kappa shape index (κ3) is 5.51. The number of anilines is 1. The van der Waals surface area contributed by atoms with Crippen LogP contribution in [-0.2, 0) is 6.42 Å². The highest BCUT2D eigenvalue weighted by molar-refractivity contribution is 7.10. The highest BCUT2D eigenvalue weighted by Gasteiger charge is 2.20. The number of aromatic nitrogens is 3. The number of hydrogen-bond acceptors (Lipinski definition) is 7. The van der Waals surface area contributed by atoms with Crippen LogP contribution in [0.25, 0.3) is 22.4 Å². The molecule has 0 saturated carbocycles. The van der Waals surface area contributed by atoms with E-state index >= 15 is 0 Å². The summed E-state index contributed by atoms with van der Waals surface area (Å²) in [5, 5.41) is 5.97. The highest BCUT2D eigenvalue weighted by atomic mass is 35.5. The summed E-state index contributed by atoms with van der Waals surface area (Å²) in [6.45, 7) is 1.78. The SMILES string of the molecule is CN(C)CCN(C)C(=O)c1cc2nc(-c3c(NCCc4sccc4Cl)cc[nH]c3=O)[nH]c2cc1C=O. The Morgan fingerprint density at radius 3 is 2.72 bits per heavy atom. The van der Waals surface area contributed by atoms with Gasteiger partial charge in [-0.1, -0.05) is 11.6 Å². The lowest BCUT2D eigenvalue weighted by Crippen LogP contribution is -2.34. The summed E-state index contributed by atoms with van der Waals surface area (Å²) in [5.41, 5.74) is 2.20. The van der Waals surface area contributed by atoms with Crippen molar-refractivity contribution in [2.24, 2.45) is 0 Å². The lowest BCUT2D eigenvalue weighted by molar-refractivity contribution is 0.0783. The molecule has 9 nitrogen and oxygen atoms in total. The maximum atomic E-state index is 13.0. The second-order valence-electron chi connectivity index (χ2n) is 8.65. The Morgan fingerprint density at radius 2 is 2.03 bits per heavy atom. The number of nitrogens with one attached hydrogen (secondary N) is 3. The van der Waals surface area contributed by atoms with E-state index in [2.05, 4.69) is 20.3 Å². The minimum atomic E-state index is -0.316. The first-order valence-electron chi connectivity index (χ1n) is 11.4. The van der Waals surface area contributed by atoms with Gasteiger partial charge in [-0.25, -0.2) is 4.98 Å². The fourth-order valence-electron chi connectivity index (χ4n) is 3.81. The molecule has 3 aromatic heterocycles. The van der Waals surface area contributed by atoms with Crippen LogP contribution in [0.1, 0.15) is 25.6 Å². The van der Waals surface area contributed by atoms with E-state index in [1.165, 1.54) is 0 Å². The minimum Gasteiger partial charge on any atom is -0.384 e. The number of H-pyrrole nitrogens is 2. The van der Waals surface area contributed by atoms with Crippen molar-refractivity contribution in [2.45, 2.75) is 6.42 Å². The number of rotatable bonds is 10. The molecule has 36 heavy (non-hydrogen) atoms. The fourth-order valence-corrected chi connectivity index (χ4v) is 4.94. The molecular formula is C25H27ClN6O3S. The van der Waals surface area contributed by atoms with Gasteiger partial charge in [0.25, 0.3) is 11.5 Å². The number of thiophene rings is 1. The Hall–Kier alpha value is -3.47. The number of likely N-dealkylation sites (N-methyl/N-ethyl adjacent to an activating group) is 2. The van der Waals surface area contributed by atoms with Crippen LogP contribution in [0.4, 0.5) is 5.69 Å². The third-order valence-electron chi connectivity index (χ3n) is 5.80. The second kappa shape index (κ2) is 11.1. The predicted molar refractivity (Wildman–Crippen MR) is 145 cm³/mol. The van der Waals surface area contributed by atoms with Crippen molar-refractivity contribution in [3.63, 3.8) is 0 Å². The number of aromatic amines is 2. The molecule has 4 aromatic rings. The van der Waals surface area contributed by atoms with Crippen molar-refractivity contribution < 1.29 is 9.59 Å². The van der Waals surface area contributed by atoms with Gasteiger partial charge in [0, 0.05) is 49.7 Å². The minimum absolute atomic E-state index is 0.257. The lowest BCUT2D eigenvalue weighted by atomic mass is 10.1. The quantitative estimate of drug-likeness (QED) is 0.271. The van der Waals surface area contributed by atoms with Crippen LogP contribution in [0.2, 0.25) is 5.02 Å². The highest BCUT2D eigenvalue weighted by Crippen LogP contribution is 2.27. The topological polar surface area (TPSA) is 114 Å². The Labute approximate surface area is 217 Å². The van der Waals surface area contributed by atoms with Gasteiger partial charge in [0.1, 0.15) is 11.4 Å². The second-order valence-corrected chi connectivity index (χ2v) is 10.1. The van der Waals surface area contributed by atoms with Crippen molar-refractivity contribution in [2.75, 3.05) is 46.1 Å². The summed E-state index contributed by atoms with van der Waals surface area (Å²) in [7, 11) is 5.56. The average molecular weight is 527 g/mol. The number of aldehydes is 1.